The molecule has 0 saturated heterocycles. The van der Waals surface area contributed by atoms with Gasteiger partial charge in [0.1, 0.15) is 11.8 Å². The van der Waals surface area contributed by atoms with Gasteiger partial charge in [-0.25, -0.2) is 18.0 Å². The van der Waals surface area contributed by atoms with Crippen LogP contribution in [-0.2, 0) is 30.8 Å². The summed E-state index contributed by atoms with van der Waals surface area (Å²) in [7, 11) is -4.07. The Morgan fingerprint density at radius 2 is 1.43 bits per heavy atom. The molecule has 1 atom stereocenters. The first kappa shape index (κ1) is 30.3. The second-order valence-electron chi connectivity index (χ2n) is 9.08. The summed E-state index contributed by atoms with van der Waals surface area (Å²) in [5, 5.41) is 20.8. The molecule has 0 heterocycles. The Labute approximate surface area is 233 Å². The minimum Gasteiger partial charge on any atom is -0.478 e. The van der Waals surface area contributed by atoms with Gasteiger partial charge >= 0.3 is 11.9 Å². The molecule has 3 rings (SSSR count). The smallest absolute Gasteiger partial charge is 0.356 e. The lowest BCUT2D eigenvalue weighted by Gasteiger charge is -2.19. The van der Waals surface area contributed by atoms with E-state index >= 15 is 0 Å². The molecule has 212 valence electrons. The summed E-state index contributed by atoms with van der Waals surface area (Å²) in [4.78, 5) is 35.2. The van der Waals surface area contributed by atoms with Crippen LogP contribution in [0.2, 0.25) is 0 Å². The van der Waals surface area contributed by atoms with Gasteiger partial charge in [0.15, 0.2) is 0 Å². The van der Waals surface area contributed by atoms with E-state index in [0.29, 0.717) is 12.1 Å². The molecule has 0 radical (unpaired) electrons. The Hall–Kier alpha value is -4.22. The number of sulfonamides is 1. The van der Waals surface area contributed by atoms with Crippen molar-refractivity contribution in [1.82, 2.24) is 10.0 Å². The summed E-state index contributed by atoms with van der Waals surface area (Å²) in [6, 6.07) is 20.5. The molecule has 3 aromatic rings. The second-order valence-corrected chi connectivity index (χ2v) is 10.8. The van der Waals surface area contributed by atoms with Crippen LogP contribution in [0, 0.1) is 0 Å². The Morgan fingerprint density at radius 3 is 2.00 bits per heavy atom. The second kappa shape index (κ2) is 14.2. The van der Waals surface area contributed by atoms with Crippen LogP contribution in [0.25, 0.3) is 11.1 Å². The molecule has 1 amide bonds. The lowest BCUT2D eigenvalue weighted by atomic mass is 10.1. The number of hydrogen-bond donors (Lipinski definition) is 4. The van der Waals surface area contributed by atoms with Crippen LogP contribution < -0.4 is 14.8 Å². The Bertz CT molecular complexity index is 1380. The highest BCUT2D eigenvalue weighted by Gasteiger charge is 2.29. The van der Waals surface area contributed by atoms with Gasteiger partial charge in [-0.1, -0.05) is 74.4 Å². The van der Waals surface area contributed by atoms with Crippen molar-refractivity contribution in [3.05, 3.63) is 84.4 Å². The van der Waals surface area contributed by atoms with E-state index in [0.717, 1.165) is 30.4 Å². The number of carboxylic acid groups (broad SMARTS) is 2. The van der Waals surface area contributed by atoms with E-state index in [-0.39, 0.29) is 17.1 Å². The molecule has 40 heavy (non-hydrogen) atoms. The first-order valence-electron chi connectivity index (χ1n) is 12.8. The average molecular weight is 569 g/mol. The normalized spacial score (nSPS) is 12.1. The third-order valence-electron chi connectivity index (χ3n) is 6.03. The number of unbranched alkanes of at least 4 members (excludes halogenated alkanes) is 2. The van der Waals surface area contributed by atoms with Crippen molar-refractivity contribution in [2.75, 3.05) is 6.54 Å². The Balaban J connectivity index is 1.78. The standard InChI is InChI=1S/C29H32N2O8S/c1-2-3-7-18-30-27(32)25(19-20-10-14-23(15-11-20)39-26(28(33)34)29(35)36)31-40(37,38)24-16-12-22(13-17-24)21-8-5-4-6-9-21/h4-6,8-17,25-26,31H,2-3,7,18-19H2,1H3,(H,30,32)(H,33,34)(H,35,36)/t25-/m0/s1. The number of amides is 1. The van der Waals surface area contributed by atoms with Gasteiger partial charge < -0.3 is 20.3 Å². The predicted octanol–water partition coefficient (Wildman–Crippen LogP) is 3.47. The summed E-state index contributed by atoms with van der Waals surface area (Å²) in [5.74, 6) is -3.79. The fourth-order valence-electron chi connectivity index (χ4n) is 3.89. The van der Waals surface area contributed by atoms with Gasteiger partial charge in [0.05, 0.1) is 4.90 Å². The molecule has 0 aromatic heterocycles. The molecular weight excluding hydrogens is 536 g/mol. The lowest BCUT2D eigenvalue weighted by molar-refractivity contribution is -0.159. The van der Waals surface area contributed by atoms with Crippen LogP contribution in [0.3, 0.4) is 0 Å². The maximum absolute atomic E-state index is 13.2. The van der Waals surface area contributed by atoms with Crippen molar-refractivity contribution in [3.8, 4) is 16.9 Å². The minimum absolute atomic E-state index is 0.00166. The number of carbonyl (C=O) groups excluding carboxylic acids is 1. The highest BCUT2D eigenvalue weighted by Crippen LogP contribution is 2.22. The quantitative estimate of drug-likeness (QED) is 0.160. The molecule has 0 saturated carbocycles. The van der Waals surface area contributed by atoms with Crippen LogP contribution in [0.15, 0.2) is 83.8 Å². The van der Waals surface area contributed by atoms with Crippen LogP contribution in [-0.4, -0.2) is 55.2 Å². The molecule has 3 aromatic carbocycles. The molecule has 0 bridgehead atoms. The van der Waals surface area contributed by atoms with Crippen LogP contribution in [0.4, 0.5) is 0 Å². The van der Waals surface area contributed by atoms with Gasteiger partial charge in [-0.3, -0.25) is 4.79 Å². The SMILES string of the molecule is CCCCCNC(=O)[C@H](Cc1ccc(OC(C(=O)O)C(=O)O)cc1)NS(=O)(=O)c1ccc(-c2ccccc2)cc1. The monoisotopic (exact) mass is 568 g/mol. The molecule has 0 aliphatic heterocycles. The third-order valence-corrected chi connectivity index (χ3v) is 7.52. The molecule has 0 aliphatic rings. The van der Waals surface area contributed by atoms with E-state index in [1.54, 1.807) is 12.1 Å². The molecule has 0 spiro atoms. The van der Waals surface area contributed by atoms with Gasteiger partial charge in [0.25, 0.3) is 6.10 Å². The van der Waals surface area contributed by atoms with E-state index in [1.165, 1.54) is 36.4 Å². The zero-order chi connectivity index (χ0) is 29.1. The van der Waals surface area contributed by atoms with E-state index in [1.807, 2.05) is 37.3 Å². The number of rotatable bonds is 15. The number of hydrogen-bond acceptors (Lipinski definition) is 6. The first-order valence-corrected chi connectivity index (χ1v) is 14.3. The summed E-state index contributed by atoms with van der Waals surface area (Å²) >= 11 is 0. The van der Waals surface area contributed by atoms with E-state index in [4.69, 9.17) is 14.9 Å². The molecule has 11 heteroatoms. The number of carbonyl (C=O) groups is 3. The van der Waals surface area contributed by atoms with Crippen LogP contribution >= 0.6 is 0 Å². The maximum Gasteiger partial charge on any atom is 0.356 e. The molecule has 0 aliphatic carbocycles. The van der Waals surface area contributed by atoms with E-state index in [2.05, 4.69) is 10.0 Å². The summed E-state index contributed by atoms with van der Waals surface area (Å²) in [6.45, 7) is 2.43. The van der Waals surface area contributed by atoms with Crippen molar-refractivity contribution in [2.24, 2.45) is 0 Å². The maximum atomic E-state index is 13.2. The van der Waals surface area contributed by atoms with Gasteiger partial charge in [0, 0.05) is 6.54 Å². The largest absolute Gasteiger partial charge is 0.478 e. The van der Waals surface area contributed by atoms with Crippen LogP contribution in [0.5, 0.6) is 5.75 Å². The molecule has 4 N–H and O–H groups in total. The van der Waals surface area contributed by atoms with Crippen molar-refractivity contribution in [2.45, 2.75) is 49.6 Å². The molecular formula is C29H32N2O8S. The zero-order valence-corrected chi connectivity index (χ0v) is 22.8. The number of ether oxygens (including phenoxy) is 1. The highest BCUT2D eigenvalue weighted by molar-refractivity contribution is 7.89. The Kier molecular flexibility index (Phi) is 10.8. The van der Waals surface area contributed by atoms with Crippen molar-refractivity contribution in [3.63, 3.8) is 0 Å². The molecule has 0 unspecified atom stereocenters. The topological polar surface area (TPSA) is 159 Å². The number of carboxylic acids is 2. The average Bonchev–Trinajstić information content (AvgIpc) is 2.94. The van der Waals surface area contributed by atoms with Gasteiger partial charge in [0.2, 0.25) is 15.9 Å². The summed E-state index contributed by atoms with van der Waals surface area (Å²) < 4.78 is 34.0. The van der Waals surface area contributed by atoms with E-state index in [9.17, 15) is 22.8 Å². The van der Waals surface area contributed by atoms with Gasteiger partial charge in [-0.2, -0.15) is 4.72 Å². The molecule has 10 nitrogen and oxygen atoms in total. The Morgan fingerprint density at radius 1 is 0.825 bits per heavy atom. The number of benzene rings is 3. The van der Waals surface area contributed by atoms with Crippen LogP contribution in [0.1, 0.15) is 31.7 Å². The van der Waals surface area contributed by atoms with Crippen molar-refractivity contribution >= 4 is 27.9 Å². The first-order chi connectivity index (χ1) is 19.1. The number of aliphatic carboxylic acids is 2. The summed E-state index contributed by atoms with van der Waals surface area (Å²) in [5.41, 5.74) is 2.33. The highest BCUT2D eigenvalue weighted by atomic mass is 32.2. The van der Waals surface area contributed by atoms with Gasteiger partial charge in [-0.15, -0.1) is 0 Å². The van der Waals surface area contributed by atoms with Crippen molar-refractivity contribution < 1.29 is 37.8 Å². The summed E-state index contributed by atoms with van der Waals surface area (Å²) in [6.07, 6.45) is 0.544. The van der Waals surface area contributed by atoms with Crippen molar-refractivity contribution in [1.29, 1.82) is 0 Å². The molecule has 0 fully saturated rings. The van der Waals surface area contributed by atoms with E-state index < -0.39 is 40.0 Å². The predicted molar refractivity (Wildman–Crippen MR) is 148 cm³/mol. The zero-order valence-electron chi connectivity index (χ0n) is 21.9. The third kappa shape index (κ3) is 8.65. The minimum atomic E-state index is -4.07. The fraction of sp³-hybridized carbons (Fsp3) is 0.276. The fourth-order valence-corrected chi connectivity index (χ4v) is 5.09. The van der Waals surface area contributed by atoms with Gasteiger partial charge in [-0.05, 0) is 53.8 Å². The lowest BCUT2D eigenvalue weighted by Crippen LogP contribution is -2.48. The number of nitrogens with one attached hydrogen (secondary N) is 2.